The number of hydrogen-bond donors (Lipinski definition) is 3. The molecule has 0 heterocycles. The highest BCUT2D eigenvalue weighted by molar-refractivity contribution is 7.85. The first-order chi connectivity index (χ1) is 9.48. The van der Waals surface area contributed by atoms with E-state index in [0.29, 0.717) is 11.3 Å². The zero-order valence-corrected chi connectivity index (χ0v) is 11.3. The highest BCUT2D eigenvalue weighted by Gasteiger charge is 2.14. The third-order valence-corrected chi connectivity index (χ3v) is 3.46. The van der Waals surface area contributed by atoms with Crippen LogP contribution in [-0.4, -0.2) is 13.5 Å². The number of nitrogens with two attached hydrogens (primary N) is 1. The van der Waals surface area contributed by atoms with Gasteiger partial charge >= 0.3 is 10.3 Å². The lowest BCUT2D eigenvalue weighted by atomic mass is 10.2. The fourth-order valence-electron chi connectivity index (χ4n) is 1.54. The summed E-state index contributed by atoms with van der Waals surface area (Å²) in [5.74, 6) is -0.391. The molecule has 4 N–H and O–H groups in total. The van der Waals surface area contributed by atoms with Crippen molar-refractivity contribution in [2.45, 2.75) is 6.54 Å². The topological polar surface area (TPSA) is 102 Å². The first-order valence-electron chi connectivity index (χ1n) is 5.78. The Morgan fingerprint density at radius 3 is 2.45 bits per heavy atom. The van der Waals surface area contributed by atoms with Crippen LogP contribution in [0.25, 0.3) is 0 Å². The van der Waals surface area contributed by atoms with Gasteiger partial charge in [-0.2, -0.15) is 13.1 Å². The number of nitrogen functional groups attached to an aromatic ring is 1. The van der Waals surface area contributed by atoms with Crippen molar-refractivity contribution in [1.82, 2.24) is 4.72 Å². The molecular formula is C13H14N2O4S. The zero-order chi connectivity index (χ0) is 14.6. The smallest absolute Gasteiger partial charge is 0.383 e. The van der Waals surface area contributed by atoms with E-state index in [4.69, 9.17) is 9.92 Å². The number of nitrogens with one attached hydrogen (secondary N) is 1. The molecule has 2 rings (SSSR count). The summed E-state index contributed by atoms with van der Waals surface area (Å²) in [5, 5.41) is 9.47. The van der Waals surface area contributed by atoms with Gasteiger partial charge in [-0.1, -0.05) is 30.3 Å². The minimum atomic E-state index is -4.04. The number of para-hydroxylation sites is 3. The molecule has 0 spiro atoms. The van der Waals surface area contributed by atoms with Crippen LogP contribution in [0.3, 0.4) is 0 Å². The van der Waals surface area contributed by atoms with Crippen LogP contribution in [0.4, 0.5) is 5.69 Å². The number of phenolic OH excluding ortho intramolecular Hbond substituents is 1. The normalized spacial score (nSPS) is 11.2. The summed E-state index contributed by atoms with van der Waals surface area (Å²) in [5.41, 5.74) is 6.83. The summed E-state index contributed by atoms with van der Waals surface area (Å²) >= 11 is 0. The molecule has 106 valence electrons. The van der Waals surface area contributed by atoms with E-state index < -0.39 is 10.3 Å². The average molecular weight is 294 g/mol. The van der Waals surface area contributed by atoms with Crippen molar-refractivity contribution in [1.29, 1.82) is 0 Å². The maximum atomic E-state index is 11.8. The van der Waals surface area contributed by atoms with Crippen molar-refractivity contribution in [3.8, 4) is 11.5 Å². The molecule has 0 bridgehead atoms. The van der Waals surface area contributed by atoms with Gasteiger partial charge in [0.05, 0.1) is 0 Å². The minimum Gasteiger partial charge on any atom is -0.504 e. The monoisotopic (exact) mass is 294 g/mol. The first-order valence-corrected chi connectivity index (χ1v) is 7.19. The Hall–Kier alpha value is -2.25. The van der Waals surface area contributed by atoms with E-state index in [0.717, 1.165) is 0 Å². The number of anilines is 1. The fraction of sp³-hybridized carbons (Fsp3) is 0.0769. The summed E-state index contributed by atoms with van der Waals surface area (Å²) < 4.78 is 30.5. The van der Waals surface area contributed by atoms with Gasteiger partial charge in [-0.3, -0.25) is 0 Å². The van der Waals surface area contributed by atoms with Crippen molar-refractivity contribution in [2.24, 2.45) is 0 Å². The SMILES string of the molecule is Nc1ccccc1CNS(=O)(=O)Oc1ccccc1O. The largest absolute Gasteiger partial charge is 0.504 e. The van der Waals surface area contributed by atoms with Crippen molar-refractivity contribution >= 4 is 16.0 Å². The van der Waals surface area contributed by atoms with Crippen LogP contribution in [0.1, 0.15) is 5.56 Å². The van der Waals surface area contributed by atoms with Crippen molar-refractivity contribution in [2.75, 3.05) is 5.73 Å². The summed E-state index contributed by atoms with van der Waals surface area (Å²) in [7, 11) is -4.04. The summed E-state index contributed by atoms with van der Waals surface area (Å²) in [6, 6.07) is 12.7. The molecule has 0 amide bonds. The fourth-order valence-corrected chi connectivity index (χ4v) is 2.31. The van der Waals surface area contributed by atoms with Crippen LogP contribution in [0.2, 0.25) is 0 Å². The van der Waals surface area contributed by atoms with Gasteiger partial charge in [-0.05, 0) is 23.8 Å². The van der Waals surface area contributed by atoms with Gasteiger partial charge in [-0.15, -0.1) is 0 Å². The molecule has 0 aromatic heterocycles. The molecule has 0 saturated carbocycles. The van der Waals surface area contributed by atoms with Crippen molar-refractivity contribution in [3.05, 3.63) is 54.1 Å². The van der Waals surface area contributed by atoms with E-state index in [-0.39, 0.29) is 18.0 Å². The van der Waals surface area contributed by atoms with Gasteiger partial charge in [0.15, 0.2) is 11.5 Å². The Labute approximate surface area is 117 Å². The molecule has 6 nitrogen and oxygen atoms in total. The van der Waals surface area contributed by atoms with Crippen LogP contribution in [0.15, 0.2) is 48.5 Å². The van der Waals surface area contributed by atoms with E-state index in [1.165, 1.54) is 12.1 Å². The van der Waals surface area contributed by atoms with E-state index in [1.807, 2.05) is 0 Å². The lowest BCUT2D eigenvalue weighted by molar-refractivity contribution is 0.422. The van der Waals surface area contributed by atoms with Gasteiger partial charge < -0.3 is 15.0 Å². The van der Waals surface area contributed by atoms with Gasteiger partial charge in [0.25, 0.3) is 0 Å². The Morgan fingerprint density at radius 1 is 1.10 bits per heavy atom. The standard InChI is InChI=1S/C13H14N2O4S/c14-11-6-2-1-5-10(11)9-15-20(17,18)19-13-8-4-3-7-12(13)16/h1-8,15-16H,9,14H2. The molecule has 2 aromatic rings. The average Bonchev–Trinajstić information content (AvgIpc) is 2.40. The Morgan fingerprint density at radius 2 is 1.75 bits per heavy atom. The highest BCUT2D eigenvalue weighted by Crippen LogP contribution is 2.25. The van der Waals surface area contributed by atoms with Gasteiger partial charge in [0, 0.05) is 12.2 Å². The van der Waals surface area contributed by atoms with Crippen LogP contribution in [0, 0.1) is 0 Å². The van der Waals surface area contributed by atoms with E-state index in [9.17, 15) is 13.5 Å². The number of hydrogen-bond acceptors (Lipinski definition) is 5. The van der Waals surface area contributed by atoms with E-state index in [1.54, 1.807) is 36.4 Å². The number of benzene rings is 2. The molecule has 0 radical (unpaired) electrons. The lowest BCUT2D eigenvalue weighted by Crippen LogP contribution is -2.28. The quantitative estimate of drug-likeness (QED) is 0.723. The second-order valence-electron chi connectivity index (χ2n) is 4.03. The van der Waals surface area contributed by atoms with Gasteiger partial charge in [0.1, 0.15) is 0 Å². The second kappa shape index (κ2) is 5.81. The van der Waals surface area contributed by atoms with Crippen LogP contribution < -0.4 is 14.6 Å². The highest BCUT2D eigenvalue weighted by atomic mass is 32.2. The van der Waals surface area contributed by atoms with Crippen LogP contribution in [-0.2, 0) is 16.8 Å². The van der Waals surface area contributed by atoms with E-state index >= 15 is 0 Å². The molecule has 7 heteroatoms. The maximum absolute atomic E-state index is 11.8. The van der Waals surface area contributed by atoms with Crippen LogP contribution >= 0.6 is 0 Å². The molecule has 0 fully saturated rings. The molecular weight excluding hydrogens is 280 g/mol. The maximum Gasteiger partial charge on any atom is 0.383 e. The molecule has 0 unspecified atom stereocenters. The second-order valence-corrected chi connectivity index (χ2v) is 5.39. The predicted molar refractivity (Wildman–Crippen MR) is 75.3 cm³/mol. The molecule has 0 aliphatic carbocycles. The summed E-state index contributed by atoms with van der Waals surface area (Å²) in [6.45, 7) is 0.00258. The molecule has 0 atom stereocenters. The molecule has 20 heavy (non-hydrogen) atoms. The summed E-state index contributed by atoms with van der Waals surface area (Å²) in [4.78, 5) is 0. The van der Waals surface area contributed by atoms with Gasteiger partial charge in [-0.25, -0.2) is 0 Å². The van der Waals surface area contributed by atoms with Crippen LogP contribution in [0.5, 0.6) is 11.5 Å². The Kier molecular flexibility index (Phi) is 4.11. The summed E-state index contributed by atoms with van der Waals surface area (Å²) in [6.07, 6.45) is 0. The molecule has 2 aromatic carbocycles. The Bertz CT molecular complexity index is 701. The number of phenols is 1. The molecule has 0 aliphatic heterocycles. The zero-order valence-electron chi connectivity index (χ0n) is 10.5. The number of rotatable bonds is 5. The Balaban J connectivity index is 2.05. The van der Waals surface area contributed by atoms with Crippen molar-refractivity contribution in [3.63, 3.8) is 0 Å². The van der Waals surface area contributed by atoms with Crippen molar-refractivity contribution < 1.29 is 17.7 Å². The lowest BCUT2D eigenvalue weighted by Gasteiger charge is -2.10. The third kappa shape index (κ3) is 3.62. The predicted octanol–water partition coefficient (Wildman–Crippen LogP) is 1.39. The first kappa shape index (κ1) is 14.2. The number of aromatic hydroxyl groups is 1. The van der Waals surface area contributed by atoms with Gasteiger partial charge in [0.2, 0.25) is 0 Å². The molecule has 0 aliphatic rings. The van der Waals surface area contributed by atoms with E-state index in [2.05, 4.69) is 4.72 Å². The minimum absolute atomic E-state index is 0.00258. The third-order valence-electron chi connectivity index (χ3n) is 2.56. The molecule has 0 saturated heterocycles.